The van der Waals surface area contributed by atoms with Crippen molar-refractivity contribution in [3.63, 3.8) is 0 Å². The van der Waals surface area contributed by atoms with Crippen molar-refractivity contribution in [1.82, 2.24) is 4.98 Å². The van der Waals surface area contributed by atoms with Gasteiger partial charge in [-0.3, -0.25) is 0 Å². The molecule has 3 nitrogen and oxygen atoms in total. The summed E-state index contributed by atoms with van der Waals surface area (Å²) in [6.45, 7) is 8.83. The lowest BCUT2D eigenvalue weighted by atomic mass is 10.0. The predicted octanol–water partition coefficient (Wildman–Crippen LogP) is 2.19. The minimum atomic E-state index is 0.0826. The summed E-state index contributed by atoms with van der Waals surface area (Å²) in [4.78, 5) is 6.81. The van der Waals surface area contributed by atoms with Crippen LogP contribution in [0.5, 0.6) is 0 Å². The second-order valence-corrected chi connectivity index (χ2v) is 5.10. The van der Waals surface area contributed by atoms with E-state index in [0.29, 0.717) is 0 Å². The lowest BCUT2D eigenvalue weighted by molar-refractivity contribution is 0.494. The summed E-state index contributed by atoms with van der Waals surface area (Å²) in [6, 6.07) is 4.20. The van der Waals surface area contributed by atoms with Crippen LogP contribution in [0.1, 0.15) is 32.4 Å². The van der Waals surface area contributed by atoms with E-state index in [2.05, 4.69) is 29.8 Å². The van der Waals surface area contributed by atoms with Crippen LogP contribution in [0.2, 0.25) is 0 Å². The Balaban J connectivity index is 2.18. The standard InChI is InChI=1S/C13H21N3/c1-9-7-16(8-10(9)2)13-6-12(11(3)14)4-5-15-13/h4-6,9-11H,7-8,14H2,1-3H3/t9?,10?,11-/m0/s1. The molecule has 3 atom stereocenters. The van der Waals surface area contributed by atoms with Crippen LogP contribution < -0.4 is 10.6 Å². The minimum Gasteiger partial charge on any atom is -0.356 e. The molecule has 0 aromatic carbocycles. The Labute approximate surface area is 97.7 Å². The van der Waals surface area contributed by atoms with Crippen molar-refractivity contribution in [2.75, 3.05) is 18.0 Å². The van der Waals surface area contributed by atoms with Crippen molar-refractivity contribution >= 4 is 5.82 Å². The first-order valence-corrected chi connectivity index (χ1v) is 6.04. The number of nitrogens with zero attached hydrogens (tertiary/aromatic N) is 2. The van der Waals surface area contributed by atoms with Crippen LogP contribution in [-0.4, -0.2) is 18.1 Å². The lowest BCUT2D eigenvalue weighted by Crippen LogP contribution is -2.21. The summed E-state index contributed by atoms with van der Waals surface area (Å²) in [5.74, 6) is 2.58. The van der Waals surface area contributed by atoms with Gasteiger partial charge in [-0.15, -0.1) is 0 Å². The van der Waals surface area contributed by atoms with Gasteiger partial charge in [-0.2, -0.15) is 0 Å². The van der Waals surface area contributed by atoms with Gasteiger partial charge in [0.15, 0.2) is 0 Å². The molecule has 0 aliphatic carbocycles. The molecular formula is C13H21N3. The highest BCUT2D eigenvalue weighted by Crippen LogP contribution is 2.27. The van der Waals surface area contributed by atoms with E-state index < -0.39 is 0 Å². The first kappa shape index (κ1) is 11.4. The Morgan fingerprint density at radius 3 is 2.56 bits per heavy atom. The van der Waals surface area contributed by atoms with Crippen LogP contribution in [0, 0.1) is 11.8 Å². The summed E-state index contributed by atoms with van der Waals surface area (Å²) in [5, 5.41) is 0. The fourth-order valence-corrected chi connectivity index (χ4v) is 2.21. The minimum absolute atomic E-state index is 0.0826. The fourth-order valence-electron chi connectivity index (χ4n) is 2.21. The molecule has 1 aliphatic rings. The third-order valence-electron chi connectivity index (χ3n) is 3.61. The van der Waals surface area contributed by atoms with Crippen molar-refractivity contribution < 1.29 is 0 Å². The molecule has 0 spiro atoms. The maximum absolute atomic E-state index is 5.89. The topological polar surface area (TPSA) is 42.1 Å². The Hall–Kier alpha value is -1.09. The monoisotopic (exact) mass is 219 g/mol. The molecule has 1 fully saturated rings. The number of nitrogens with two attached hydrogens (primary N) is 1. The number of aromatic nitrogens is 1. The normalized spacial score (nSPS) is 27.1. The molecule has 0 saturated carbocycles. The van der Waals surface area contributed by atoms with Crippen molar-refractivity contribution in [3.8, 4) is 0 Å². The molecule has 16 heavy (non-hydrogen) atoms. The lowest BCUT2D eigenvalue weighted by Gasteiger charge is -2.18. The number of anilines is 1. The molecule has 1 aliphatic heterocycles. The third-order valence-corrected chi connectivity index (χ3v) is 3.61. The van der Waals surface area contributed by atoms with E-state index in [1.807, 2.05) is 19.2 Å². The van der Waals surface area contributed by atoms with E-state index in [1.54, 1.807) is 0 Å². The molecule has 2 N–H and O–H groups in total. The maximum atomic E-state index is 5.89. The molecule has 2 rings (SSSR count). The van der Waals surface area contributed by atoms with E-state index in [9.17, 15) is 0 Å². The Morgan fingerprint density at radius 1 is 1.38 bits per heavy atom. The highest BCUT2D eigenvalue weighted by Gasteiger charge is 2.26. The van der Waals surface area contributed by atoms with Gasteiger partial charge < -0.3 is 10.6 Å². The summed E-state index contributed by atoms with van der Waals surface area (Å²) >= 11 is 0. The smallest absolute Gasteiger partial charge is 0.128 e. The number of rotatable bonds is 2. The maximum Gasteiger partial charge on any atom is 0.128 e. The first-order chi connectivity index (χ1) is 7.58. The quantitative estimate of drug-likeness (QED) is 0.829. The van der Waals surface area contributed by atoms with Crippen molar-refractivity contribution in [2.45, 2.75) is 26.8 Å². The van der Waals surface area contributed by atoms with E-state index in [-0.39, 0.29) is 6.04 Å². The Morgan fingerprint density at radius 2 is 2.00 bits per heavy atom. The summed E-state index contributed by atoms with van der Waals surface area (Å²) in [5.41, 5.74) is 7.05. The second-order valence-electron chi connectivity index (χ2n) is 5.10. The molecule has 1 aromatic rings. The molecule has 2 heterocycles. The molecule has 3 heteroatoms. The second kappa shape index (κ2) is 4.42. The zero-order valence-corrected chi connectivity index (χ0v) is 10.4. The van der Waals surface area contributed by atoms with E-state index in [0.717, 1.165) is 36.3 Å². The van der Waals surface area contributed by atoms with Crippen LogP contribution in [-0.2, 0) is 0 Å². The van der Waals surface area contributed by atoms with Crippen LogP contribution in [0.25, 0.3) is 0 Å². The number of hydrogen-bond donors (Lipinski definition) is 1. The van der Waals surface area contributed by atoms with E-state index in [4.69, 9.17) is 5.73 Å². The predicted molar refractivity (Wildman–Crippen MR) is 67.4 cm³/mol. The van der Waals surface area contributed by atoms with Gasteiger partial charge in [-0.05, 0) is 36.5 Å². The van der Waals surface area contributed by atoms with Gasteiger partial charge in [0.1, 0.15) is 5.82 Å². The highest BCUT2D eigenvalue weighted by molar-refractivity contribution is 5.43. The van der Waals surface area contributed by atoms with E-state index in [1.165, 1.54) is 0 Å². The summed E-state index contributed by atoms with van der Waals surface area (Å²) < 4.78 is 0. The van der Waals surface area contributed by atoms with Gasteiger partial charge in [-0.25, -0.2) is 4.98 Å². The van der Waals surface area contributed by atoms with Crippen molar-refractivity contribution in [1.29, 1.82) is 0 Å². The molecule has 0 amide bonds. The molecule has 1 aromatic heterocycles. The Kier molecular flexibility index (Phi) is 3.15. The van der Waals surface area contributed by atoms with Crippen LogP contribution >= 0.6 is 0 Å². The average molecular weight is 219 g/mol. The van der Waals surface area contributed by atoms with Crippen LogP contribution in [0.3, 0.4) is 0 Å². The van der Waals surface area contributed by atoms with E-state index >= 15 is 0 Å². The third kappa shape index (κ3) is 2.19. The van der Waals surface area contributed by atoms with Gasteiger partial charge in [0.25, 0.3) is 0 Å². The first-order valence-electron chi connectivity index (χ1n) is 6.04. The summed E-state index contributed by atoms with van der Waals surface area (Å²) in [7, 11) is 0. The fraction of sp³-hybridized carbons (Fsp3) is 0.615. The number of hydrogen-bond acceptors (Lipinski definition) is 3. The van der Waals surface area contributed by atoms with Gasteiger partial charge in [0.2, 0.25) is 0 Å². The zero-order valence-electron chi connectivity index (χ0n) is 10.4. The van der Waals surface area contributed by atoms with Gasteiger partial charge in [0, 0.05) is 25.3 Å². The molecule has 2 unspecified atom stereocenters. The van der Waals surface area contributed by atoms with Crippen molar-refractivity contribution in [3.05, 3.63) is 23.9 Å². The van der Waals surface area contributed by atoms with Gasteiger partial charge in [-0.1, -0.05) is 13.8 Å². The largest absolute Gasteiger partial charge is 0.356 e. The molecular weight excluding hydrogens is 198 g/mol. The molecule has 1 saturated heterocycles. The van der Waals surface area contributed by atoms with Gasteiger partial charge in [0.05, 0.1) is 0 Å². The summed E-state index contributed by atoms with van der Waals surface area (Å²) in [6.07, 6.45) is 1.86. The Bertz CT molecular complexity index is 352. The average Bonchev–Trinajstić information content (AvgIpc) is 2.59. The van der Waals surface area contributed by atoms with Gasteiger partial charge >= 0.3 is 0 Å². The van der Waals surface area contributed by atoms with Crippen LogP contribution in [0.4, 0.5) is 5.82 Å². The number of pyridine rings is 1. The molecule has 0 bridgehead atoms. The highest BCUT2D eigenvalue weighted by atomic mass is 15.2. The zero-order chi connectivity index (χ0) is 11.7. The molecule has 0 radical (unpaired) electrons. The van der Waals surface area contributed by atoms with Crippen molar-refractivity contribution in [2.24, 2.45) is 17.6 Å². The van der Waals surface area contributed by atoms with Crippen LogP contribution in [0.15, 0.2) is 18.3 Å². The SMILES string of the molecule is CC1CN(c2cc([C@H](C)N)ccn2)CC1C. The molecule has 88 valence electrons.